The number of hydrogen-bond acceptors (Lipinski definition) is 6. The third kappa shape index (κ3) is 2.97. The Labute approximate surface area is 145 Å². The summed E-state index contributed by atoms with van der Waals surface area (Å²) in [6, 6.07) is 1.89. The second-order valence-corrected chi connectivity index (χ2v) is 6.83. The first-order chi connectivity index (χ1) is 11.5. The second kappa shape index (κ2) is 6.78. The van der Waals surface area contributed by atoms with Crippen LogP contribution < -0.4 is 10.3 Å². The van der Waals surface area contributed by atoms with Gasteiger partial charge < -0.3 is 19.5 Å². The Bertz CT molecular complexity index is 837. The Balaban J connectivity index is 2.15. The molecule has 1 atom stereocenters. The van der Waals surface area contributed by atoms with Crippen molar-refractivity contribution >= 4 is 33.3 Å². The number of morpholine rings is 1. The molecule has 7 heteroatoms. The van der Waals surface area contributed by atoms with E-state index in [2.05, 4.69) is 27.8 Å². The number of nitrogens with one attached hydrogen (secondary N) is 1. The van der Waals surface area contributed by atoms with Crippen LogP contribution >= 0.6 is 11.5 Å². The van der Waals surface area contributed by atoms with Crippen LogP contribution in [-0.4, -0.2) is 54.2 Å². The van der Waals surface area contributed by atoms with Crippen molar-refractivity contribution in [1.29, 1.82) is 0 Å². The molecule has 0 amide bonds. The van der Waals surface area contributed by atoms with Gasteiger partial charge in [0.05, 0.1) is 30.5 Å². The van der Waals surface area contributed by atoms with Crippen LogP contribution in [-0.2, 0) is 4.74 Å². The number of pyridine rings is 1. The lowest BCUT2D eigenvalue weighted by Gasteiger charge is -2.34. The van der Waals surface area contributed by atoms with Gasteiger partial charge in [0.2, 0.25) is 5.43 Å². The first kappa shape index (κ1) is 16.7. The zero-order chi connectivity index (χ0) is 17.3. The van der Waals surface area contributed by atoms with Gasteiger partial charge >= 0.3 is 0 Å². The predicted molar refractivity (Wildman–Crippen MR) is 99.7 cm³/mol. The standard InChI is InChI=1S/C17H22N4O2S/c1-5-6-12(20(3)4)15-16-17(24-19-15)13(22)9-14(18-16)21-7-8-23-10-11(21)2/h5-6,9,11H,1,7-8,10H2,2-4H3,(H,18,22)/b12-6-. The maximum absolute atomic E-state index is 12.6. The summed E-state index contributed by atoms with van der Waals surface area (Å²) in [6.07, 6.45) is 3.63. The van der Waals surface area contributed by atoms with E-state index < -0.39 is 0 Å². The smallest absolute Gasteiger partial charge is 0.203 e. The van der Waals surface area contributed by atoms with Crippen molar-refractivity contribution in [2.45, 2.75) is 13.0 Å². The molecular weight excluding hydrogens is 324 g/mol. The van der Waals surface area contributed by atoms with E-state index in [1.54, 1.807) is 12.1 Å². The van der Waals surface area contributed by atoms with Gasteiger partial charge in [-0.25, -0.2) is 0 Å². The van der Waals surface area contributed by atoms with E-state index in [4.69, 9.17) is 4.74 Å². The van der Waals surface area contributed by atoms with Crippen molar-refractivity contribution in [3.63, 3.8) is 0 Å². The molecule has 1 aliphatic rings. The van der Waals surface area contributed by atoms with Crippen LogP contribution in [0.5, 0.6) is 0 Å². The minimum absolute atomic E-state index is 0.00194. The highest BCUT2D eigenvalue weighted by atomic mass is 32.1. The van der Waals surface area contributed by atoms with Gasteiger partial charge in [0, 0.05) is 26.7 Å². The van der Waals surface area contributed by atoms with Crippen molar-refractivity contribution < 1.29 is 4.74 Å². The summed E-state index contributed by atoms with van der Waals surface area (Å²) in [5.74, 6) is 0.821. The number of hydrogen-bond donors (Lipinski definition) is 1. The molecule has 1 aliphatic heterocycles. The van der Waals surface area contributed by atoms with Gasteiger partial charge in [0.25, 0.3) is 0 Å². The summed E-state index contributed by atoms with van der Waals surface area (Å²) in [4.78, 5) is 20.1. The van der Waals surface area contributed by atoms with Crippen LogP contribution in [0.4, 0.5) is 5.82 Å². The van der Waals surface area contributed by atoms with Crippen molar-refractivity contribution in [1.82, 2.24) is 14.3 Å². The van der Waals surface area contributed by atoms with E-state index in [1.807, 2.05) is 25.1 Å². The fraction of sp³-hybridized carbons (Fsp3) is 0.412. The van der Waals surface area contributed by atoms with Crippen molar-refractivity contribution in [3.05, 3.63) is 40.7 Å². The molecule has 3 rings (SSSR count). The van der Waals surface area contributed by atoms with Gasteiger partial charge in [-0.2, -0.15) is 4.37 Å². The number of aromatic nitrogens is 2. The Kier molecular flexibility index (Phi) is 4.73. The average molecular weight is 346 g/mol. The molecule has 2 aromatic rings. The minimum atomic E-state index is -0.00194. The third-order valence-electron chi connectivity index (χ3n) is 4.11. The molecule has 2 aromatic heterocycles. The predicted octanol–water partition coefficient (Wildman–Crippen LogP) is 2.30. The number of anilines is 1. The molecule has 3 heterocycles. The molecule has 0 radical (unpaired) electrons. The number of fused-ring (bicyclic) bond motifs is 1. The molecule has 24 heavy (non-hydrogen) atoms. The van der Waals surface area contributed by atoms with Crippen LogP contribution in [0, 0.1) is 0 Å². The van der Waals surface area contributed by atoms with Crippen LogP contribution in [0.3, 0.4) is 0 Å². The lowest BCUT2D eigenvalue weighted by atomic mass is 10.2. The highest BCUT2D eigenvalue weighted by Crippen LogP contribution is 2.28. The molecule has 128 valence electrons. The second-order valence-electron chi connectivity index (χ2n) is 6.05. The van der Waals surface area contributed by atoms with Crippen molar-refractivity contribution in [2.75, 3.05) is 38.8 Å². The van der Waals surface area contributed by atoms with Crippen molar-refractivity contribution in [2.24, 2.45) is 0 Å². The van der Waals surface area contributed by atoms with Gasteiger partial charge in [-0.15, -0.1) is 0 Å². The van der Waals surface area contributed by atoms with Crippen LogP contribution in [0.1, 0.15) is 12.6 Å². The Morgan fingerprint density at radius 1 is 1.58 bits per heavy atom. The number of H-pyrrole nitrogens is 1. The molecule has 1 fully saturated rings. The van der Waals surface area contributed by atoms with Crippen LogP contribution in [0.15, 0.2) is 29.6 Å². The largest absolute Gasteiger partial charge is 0.377 e. The lowest BCUT2D eigenvalue weighted by molar-refractivity contribution is 0.0985. The first-order valence-corrected chi connectivity index (χ1v) is 8.67. The first-order valence-electron chi connectivity index (χ1n) is 7.90. The molecule has 1 N–H and O–H groups in total. The van der Waals surface area contributed by atoms with E-state index in [0.717, 1.165) is 29.3 Å². The zero-order valence-electron chi connectivity index (χ0n) is 14.2. The number of ether oxygens (including phenoxy) is 1. The van der Waals surface area contributed by atoms with E-state index in [1.165, 1.54) is 11.5 Å². The minimum Gasteiger partial charge on any atom is -0.377 e. The summed E-state index contributed by atoms with van der Waals surface area (Å²) >= 11 is 1.23. The fourth-order valence-corrected chi connectivity index (χ4v) is 3.65. The van der Waals surface area contributed by atoms with Crippen LogP contribution in [0.2, 0.25) is 0 Å². The Hall–Kier alpha value is -2.12. The molecule has 0 spiro atoms. The SMILES string of the molecule is C=C/C=C(/c1nsc2c(=O)cc(N3CCOCC3C)[nH]c12)N(C)C. The molecule has 0 bridgehead atoms. The van der Waals surface area contributed by atoms with E-state index in [0.29, 0.717) is 17.9 Å². The normalized spacial score (nSPS) is 18.9. The number of nitrogens with zero attached hydrogens (tertiary/aromatic N) is 3. The van der Waals surface area contributed by atoms with Crippen molar-refractivity contribution in [3.8, 4) is 0 Å². The van der Waals surface area contributed by atoms with Gasteiger partial charge in [-0.1, -0.05) is 12.7 Å². The highest BCUT2D eigenvalue weighted by Gasteiger charge is 2.22. The molecular formula is C17H22N4O2S. The third-order valence-corrected chi connectivity index (χ3v) is 4.98. The number of rotatable bonds is 4. The van der Waals surface area contributed by atoms with Gasteiger partial charge in [0.1, 0.15) is 16.2 Å². The summed E-state index contributed by atoms with van der Waals surface area (Å²) in [7, 11) is 3.90. The summed E-state index contributed by atoms with van der Waals surface area (Å²) in [5.41, 5.74) is 2.47. The molecule has 0 saturated carbocycles. The molecule has 1 unspecified atom stereocenters. The highest BCUT2D eigenvalue weighted by molar-refractivity contribution is 7.13. The quantitative estimate of drug-likeness (QED) is 0.861. The number of allylic oxidation sites excluding steroid dienone is 2. The monoisotopic (exact) mass is 346 g/mol. The van der Waals surface area contributed by atoms with E-state index in [-0.39, 0.29) is 11.5 Å². The van der Waals surface area contributed by atoms with Gasteiger partial charge in [-0.05, 0) is 24.5 Å². The van der Waals surface area contributed by atoms with E-state index >= 15 is 0 Å². The number of aromatic amines is 1. The maximum atomic E-state index is 12.6. The molecule has 6 nitrogen and oxygen atoms in total. The average Bonchev–Trinajstić information content (AvgIpc) is 2.97. The Morgan fingerprint density at radius 2 is 2.38 bits per heavy atom. The zero-order valence-corrected chi connectivity index (χ0v) is 15.0. The molecule has 0 aromatic carbocycles. The summed E-state index contributed by atoms with van der Waals surface area (Å²) < 4.78 is 10.6. The van der Waals surface area contributed by atoms with E-state index in [9.17, 15) is 4.79 Å². The topological polar surface area (TPSA) is 61.5 Å². The maximum Gasteiger partial charge on any atom is 0.203 e. The summed E-state index contributed by atoms with van der Waals surface area (Å²) in [6.45, 7) is 7.95. The van der Waals surface area contributed by atoms with Crippen LogP contribution in [0.25, 0.3) is 15.9 Å². The molecule has 1 saturated heterocycles. The fourth-order valence-electron chi connectivity index (χ4n) is 2.89. The summed E-state index contributed by atoms with van der Waals surface area (Å²) in [5, 5.41) is 0. The van der Waals surface area contributed by atoms with Gasteiger partial charge in [0.15, 0.2) is 0 Å². The molecule has 0 aliphatic carbocycles. The van der Waals surface area contributed by atoms with Gasteiger partial charge in [-0.3, -0.25) is 4.79 Å². The Morgan fingerprint density at radius 3 is 3.04 bits per heavy atom. The lowest BCUT2D eigenvalue weighted by Crippen LogP contribution is -2.44.